The summed E-state index contributed by atoms with van der Waals surface area (Å²) in [4.78, 5) is 15.0. The van der Waals surface area contributed by atoms with E-state index >= 15 is 0 Å². The molecule has 1 aromatic heterocycles. The molecule has 0 atom stereocenters. The molecule has 2 nitrogen and oxygen atoms in total. The lowest BCUT2D eigenvalue weighted by Crippen LogP contribution is -2.09. The molecule has 1 aliphatic rings. The average Bonchev–Trinajstić information content (AvgIpc) is 2.59. The molecule has 2 aromatic rings. The van der Waals surface area contributed by atoms with Crippen LogP contribution in [0.25, 0.3) is 10.9 Å². The zero-order valence-electron chi connectivity index (χ0n) is 9.06. The van der Waals surface area contributed by atoms with Crippen molar-refractivity contribution in [3.05, 3.63) is 34.0 Å². The van der Waals surface area contributed by atoms with Crippen molar-refractivity contribution in [3.8, 4) is 0 Å². The molecule has 1 aromatic carbocycles. The molecule has 3 rings (SSSR count). The summed E-state index contributed by atoms with van der Waals surface area (Å²) in [6.45, 7) is 2.01. The van der Waals surface area contributed by atoms with Gasteiger partial charge in [0.15, 0.2) is 5.78 Å². The zero-order chi connectivity index (χ0) is 11.3. The van der Waals surface area contributed by atoms with Crippen LogP contribution in [-0.4, -0.2) is 10.8 Å². The summed E-state index contributed by atoms with van der Waals surface area (Å²) in [6.07, 6.45) is 2.58. The van der Waals surface area contributed by atoms with Gasteiger partial charge in [-0.15, -0.1) is 0 Å². The van der Waals surface area contributed by atoms with Gasteiger partial charge >= 0.3 is 0 Å². The predicted molar refractivity (Wildman–Crippen MR) is 65.3 cm³/mol. The van der Waals surface area contributed by atoms with Gasteiger partial charge in [-0.2, -0.15) is 0 Å². The molecule has 0 fully saturated rings. The molecule has 0 saturated carbocycles. The van der Waals surface area contributed by atoms with Gasteiger partial charge in [0.1, 0.15) is 0 Å². The summed E-state index contributed by atoms with van der Waals surface area (Å²) in [5.41, 5.74) is 4.11. The Balaban J connectivity index is 2.40. The van der Waals surface area contributed by atoms with Gasteiger partial charge in [-0.3, -0.25) is 4.79 Å². The van der Waals surface area contributed by atoms with E-state index in [4.69, 9.17) is 11.6 Å². The van der Waals surface area contributed by atoms with Crippen molar-refractivity contribution in [1.82, 2.24) is 4.98 Å². The van der Waals surface area contributed by atoms with Gasteiger partial charge in [-0.05, 0) is 43.0 Å². The van der Waals surface area contributed by atoms with E-state index in [-0.39, 0.29) is 5.78 Å². The van der Waals surface area contributed by atoms with Crippen LogP contribution in [0.3, 0.4) is 0 Å². The first-order chi connectivity index (χ1) is 7.66. The van der Waals surface area contributed by atoms with Gasteiger partial charge in [0.05, 0.1) is 5.69 Å². The molecule has 3 heteroatoms. The van der Waals surface area contributed by atoms with Crippen LogP contribution in [0.1, 0.15) is 34.5 Å². The lowest BCUT2D eigenvalue weighted by molar-refractivity contribution is 0.0968. The van der Waals surface area contributed by atoms with Crippen LogP contribution in [0.4, 0.5) is 0 Å². The maximum Gasteiger partial charge on any atom is 0.179 e. The molecule has 0 amide bonds. The van der Waals surface area contributed by atoms with Crippen molar-refractivity contribution in [2.45, 2.75) is 26.2 Å². The molecule has 0 spiro atoms. The third-order valence-electron chi connectivity index (χ3n) is 3.29. The zero-order valence-corrected chi connectivity index (χ0v) is 9.82. The number of H-pyrrole nitrogens is 1. The highest BCUT2D eigenvalue weighted by Gasteiger charge is 2.22. The number of benzene rings is 1. The van der Waals surface area contributed by atoms with Crippen LogP contribution in [0.5, 0.6) is 0 Å². The van der Waals surface area contributed by atoms with Gasteiger partial charge in [-0.25, -0.2) is 0 Å². The molecule has 82 valence electrons. The topological polar surface area (TPSA) is 32.9 Å². The molecule has 1 N–H and O–H groups in total. The number of ketones is 1. The van der Waals surface area contributed by atoms with E-state index in [1.807, 2.05) is 19.1 Å². The number of aromatic nitrogens is 1. The minimum Gasteiger partial charge on any atom is -0.352 e. The Morgan fingerprint density at radius 3 is 2.94 bits per heavy atom. The molecular weight excluding hydrogens is 222 g/mol. The number of nitrogens with one attached hydrogen (secondary N) is 1. The number of aryl methyl sites for hydroxylation is 2. The summed E-state index contributed by atoms with van der Waals surface area (Å²) in [6, 6.07) is 3.88. The van der Waals surface area contributed by atoms with Crippen LogP contribution < -0.4 is 0 Å². The minimum atomic E-state index is 0.230. The van der Waals surface area contributed by atoms with E-state index in [0.717, 1.165) is 45.6 Å². The van der Waals surface area contributed by atoms with Crippen molar-refractivity contribution in [2.24, 2.45) is 0 Å². The third-order valence-corrected chi connectivity index (χ3v) is 3.50. The Labute approximate surface area is 98.6 Å². The van der Waals surface area contributed by atoms with Gasteiger partial charge in [0.2, 0.25) is 0 Å². The van der Waals surface area contributed by atoms with Crippen molar-refractivity contribution < 1.29 is 4.79 Å². The quantitative estimate of drug-likeness (QED) is 0.740. The van der Waals surface area contributed by atoms with E-state index in [1.54, 1.807) is 0 Å². The fourth-order valence-corrected chi connectivity index (χ4v) is 2.80. The van der Waals surface area contributed by atoms with E-state index in [1.165, 1.54) is 0 Å². The van der Waals surface area contributed by atoms with Gasteiger partial charge in [-0.1, -0.05) is 11.6 Å². The number of hydrogen-bond donors (Lipinski definition) is 1. The SMILES string of the molecule is Cc1cc(Cl)cc2c3c([nH]c12)C(=O)CCC3. The van der Waals surface area contributed by atoms with Crippen LogP contribution in [0, 0.1) is 6.92 Å². The van der Waals surface area contributed by atoms with E-state index in [9.17, 15) is 4.79 Å². The molecule has 1 aliphatic carbocycles. The Kier molecular flexibility index (Phi) is 2.08. The summed E-state index contributed by atoms with van der Waals surface area (Å²) >= 11 is 6.06. The third kappa shape index (κ3) is 1.30. The monoisotopic (exact) mass is 233 g/mol. The average molecular weight is 234 g/mol. The highest BCUT2D eigenvalue weighted by atomic mass is 35.5. The molecule has 1 heterocycles. The Morgan fingerprint density at radius 2 is 2.12 bits per heavy atom. The van der Waals surface area contributed by atoms with Gasteiger partial charge < -0.3 is 4.98 Å². The van der Waals surface area contributed by atoms with Crippen LogP contribution in [0.2, 0.25) is 5.02 Å². The van der Waals surface area contributed by atoms with E-state index in [2.05, 4.69) is 4.98 Å². The second-order valence-electron chi connectivity index (χ2n) is 4.40. The second kappa shape index (κ2) is 3.36. The maximum absolute atomic E-state index is 11.8. The lowest BCUT2D eigenvalue weighted by Gasteiger charge is -2.09. The van der Waals surface area contributed by atoms with E-state index < -0.39 is 0 Å². The highest BCUT2D eigenvalue weighted by molar-refractivity contribution is 6.31. The second-order valence-corrected chi connectivity index (χ2v) is 4.84. The number of carbonyl (C=O) groups excluding carboxylic acids is 1. The Morgan fingerprint density at radius 1 is 1.31 bits per heavy atom. The minimum absolute atomic E-state index is 0.230. The molecule has 0 saturated heterocycles. The largest absolute Gasteiger partial charge is 0.352 e. The number of fused-ring (bicyclic) bond motifs is 3. The number of hydrogen-bond acceptors (Lipinski definition) is 1. The predicted octanol–water partition coefficient (Wildman–Crippen LogP) is 3.65. The number of carbonyl (C=O) groups is 1. The number of aromatic amines is 1. The van der Waals surface area contributed by atoms with E-state index in [0.29, 0.717) is 6.42 Å². The first kappa shape index (κ1) is 9.91. The number of halogens is 1. The fraction of sp³-hybridized carbons (Fsp3) is 0.308. The number of rotatable bonds is 0. The van der Waals surface area contributed by atoms with Crippen LogP contribution >= 0.6 is 11.6 Å². The van der Waals surface area contributed by atoms with Crippen LogP contribution in [0.15, 0.2) is 12.1 Å². The maximum atomic E-state index is 11.8. The summed E-state index contributed by atoms with van der Waals surface area (Å²) < 4.78 is 0. The summed E-state index contributed by atoms with van der Waals surface area (Å²) in [7, 11) is 0. The van der Waals surface area contributed by atoms with Crippen molar-refractivity contribution in [1.29, 1.82) is 0 Å². The fourth-order valence-electron chi connectivity index (χ4n) is 2.53. The molecule has 0 aliphatic heterocycles. The lowest BCUT2D eigenvalue weighted by atomic mass is 9.94. The van der Waals surface area contributed by atoms with Crippen molar-refractivity contribution in [2.75, 3.05) is 0 Å². The van der Waals surface area contributed by atoms with Crippen molar-refractivity contribution in [3.63, 3.8) is 0 Å². The normalized spacial score (nSPS) is 15.5. The van der Waals surface area contributed by atoms with Crippen molar-refractivity contribution >= 4 is 28.3 Å². The van der Waals surface area contributed by atoms with Gasteiger partial charge in [0.25, 0.3) is 0 Å². The molecule has 16 heavy (non-hydrogen) atoms. The Hall–Kier alpha value is -1.28. The standard InChI is InChI=1S/C13H12ClNO/c1-7-5-8(14)6-10-9-3-2-4-11(16)13(9)15-12(7)10/h5-6,15H,2-4H2,1H3. The van der Waals surface area contributed by atoms with Crippen LogP contribution in [-0.2, 0) is 6.42 Å². The molecular formula is C13H12ClNO. The summed E-state index contributed by atoms with van der Waals surface area (Å²) in [5.74, 6) is 0.230. The summed E-state index contributed by atoms with van der Waals surface area (Å²) in [5, 5.41) is 1.86. The number of Topliss-reactive ketones (excluding diaryl/α,β-unsaturated/α-hetero) is 1. The molecule has 0 bridgehead atoms. The molecule has 0 unspecified atom stereocenters. The first-order valence-corrected chi connectivity index (χ1v) is 5.88. The van der Waals surface area contributed by atoms with Gasteiger partial charge in [0, 0.05) is 22.3 Å². The highest BCUT2D eigenvalue weighted by Crippen LogP contribution is 2.32. The first-order valence-electron chi connectivity index (χ1n) is 5.50. The molecule has 0 radical (unpaired) electrons. The smallest absolute Gasteiger partial charge is 0.179 e. The Bertz CT molecular complexity index is 597.